The van der Waals surface area contributed by atoms with E-state index < -0.39 is 5.97 Å². The van der Waals surface area contributed by atoms with Gasteiger partial charge in [-0.1, -0.05) is 32.3 Å². The zero-order valence-corrected chi connectivity index (χ0v) is 12.7. The maximum absolute atomic E-state index is 10.9. The minimum absolute atomic E-state index is 0.263. The Labute approximate surface area is 126 Å². The number of carbonyl (C=O) groups is 1. The molecule has 116 valence electrons. The molecule has 4 nitrogen and oxygen atoms in total. The van der Waals surface area contributed by atoms with E-state index in [4.69, 9.17) is 9.84 Å². The minimum atomic E-state index is -0.925. The summed E-state index contributed by atoms with van der Waals surface area (Å²) in [5, 5.41) is 12.5. The van der Waals surface area contributed by atoms with Crippen molar-refractivity contribution in [3.63, 3.8) is 0 Å². The summed E-state index contributed by atoms with van der Waals surface area (Å²) >= 11 is 0. The zero-order valence-electron chi connectivity index (χ0n) is 12.7. The van der Waals surface area contributed by atoms with Gasteiger partial charge in [-0.15, -0.1) is 0 Å². The fourth-order valence-corrected chi connectivity index (χ4v) is 3.00. The van der Waals surface area contributed by atoms with E-state index in [-0.39, 0.29) is 5.56 Å². The highest BCUT2D eigenvalue weighted by Crippen LogP contribution is 2.26. The predicted octanol–water partition coefficient (Wildman–Crippen LogP) is 3.32. The Kier molecular flexibility index (Phi) is 6.05. The molecule has 0 heterocycles. The molecule has 2 N–H and O–H groups in total. The molecule has 2 atom stereocenters. The van der Waals surface area contributed by atoms with E-state index in [1.54, 1.807) is 24.3 Å². The lowest BCUT2D eigenvalue weighted by Gasteiger charge is -2.29. The van der Waals surface area contributed by atoms with Gasteiger partial charge in [0.2, 0.25) is 0 Å². The van der Waals surface area contributed by atoms with E-state index in [0.717, 1.165) is 12.5 Å². The van der Waals surface area contributed by atoms with Crippen LogP contribution in [0.2, 0.25) is 0 Å². The van der Waals surface area contributed by atoms with Crippen molar-refractivity contribution in [1.82, 2.24) is 5.32 Å². The Morgan fingerprint density at radius 2 is 2.29 bits per heavy atom. The summed E-state index contributed by atoms with van der Waals surface area (Å²) in [4.78, 5) is 10.9. The summed E-state index contributed by atoms with van der Waals surface area (Å²) in [6.07, 6.45) is 6.48. The van der Waals surface area contributed by atoms with Gasteiger partial charge in [0.25, 0.3) is 0 Å². The smallest absolute Gasteiger partial charge is 0.335 e. The molecular formula is C17H25NO3. The van der Waals surface area contributed by atoms with Crippen LogP contribution >= 0.6 is 0 Å². The summed E-state index contributed by atoms with van der Waals surface area (Å²) in [7, 11) is 0. The van der Waals surface area contributed by atoms with Crippen LogP contribution in [0, 0.1) is 5.92 Å². The molecule has 1 aliphatic rings. The van der Waals surface area contributed by atoms with Crippen LogP contribution in [0.25, 0.3) is 0 Å². The van der Waals surface area contributed by atoms with Gasteiger partial charge >= 0.3 is 5.97 Å². The van der Waals surface area contributed by atoms with Crippen molar-refractivity contribution in [3.05, 3.63) is 29.8 Å². The number of hydrogen-bond acceptors (Lipinski definition) is 3. The molecule has 1 aromatic carbocycles. The molecular weight excluding hydrogens is 266 g/mol. The molecule has 0 bridgehead atoms. The Bertz CT molecular complexity index is 461. The Morgan fingerprint density at radius 3 is 3.05 bits per heavy atom. The fraction of sp³-hybridized carbons (Fsp3) is 0.588. The van der Waals surface area contributed by atoms with Gasteiger partial charge in [-0.25, -0.2) is 4.79 Å². The summed E-state index contributed by atoms with van der Waals surface area (Å²) in [6, 6.07) is 7.24. The van der Waals surface area contributed by atoms with E-state index in [1.807, 2.05) is 0 Å². The second kappa shape index (κ2) is 8.03. The predicted molar refractivity (Wildman–Crippen MR) is 82.9 cm³/mol. The lowest BCUT2D eigenvalue weighted by Crippen LogP contribution is -2.36. The van der Waals surface area contributed by atoms with Gasteiger partial charge in [-0.05, 0) is 37.0 Å². The molecule has 0 spiro atoms. The van der Waals surface area contributed by atoms with Gasteiger partial charge in [-0.2, -0.15) is 0 Å². The lowest BCUT2D eigenvalue weighted by atomic mass is 9.84. The maximum atomic E-state index is 10.9. The number of rotatable bonds is 7. The van der Waals surface area contributed by atoms with E-state index in [9.17, 15) is 4.79 Å². The molecule has 0 aliphatic heterocycles. The minimum Gasteiger partial charge on any atom is -0.492 e. The van der Waals surface area contributed by atoms with Crippen LogP contribution in [-0.2, 0) is 0 Å². The molecule has 1 aromatic rings. The maximum Gasteiger partial charge on any atom is 0.335 e. The molecule has 0 saturated heterocycles. The molecule has 2 rings (SSSR count). The summed E-state index contributed by atoms with van der Waals surface area (Å²) < 4.78 is 5.62. The van der Waals surface area contributed by atoms with Gasteiger partial charge in [-0.3, -0.25) is 0 Å². The van der Waals surface area contributed by atoms with Gasteiger partial charge in [0, 0.05) is 12.6 Å². The lowest BCUT2D eigenvalue weighted by molar-refractivity contribution is 0.0696. The van der Waals surface area contributed by atoms with Crippen LogP contribution in [0.5, 0.6) is 5.75 Å². The van der Waals surface area contributed by atoms with E-state index >= 15 is 0 Å². The number of ether oxygens (including phenoxy) is 1. The van der Waals surface area contributed by atoms with Gasteiger partial charge in [0.1, 0.15) is 12.4 Å². The van der Waals surface area contributed by atoms with Crippen LogP contribution in [0.15, 0.2) is 24.3 Å². The average Bonchev–Trinajstić information content (AvgIpc) is 2.52. The monoisotopic (exact) mass is 291 g/mol. The van der Waals surface area contributed by atoms with Crippen molar-refractivity contribution in [3.8, 4) is 5.75 Å². The normalized spacial score (nSPS) is 22.0. The summed E-state index contributed by atoms with van der Waals surface area (Å²) in [5.74, 6) is 0.558. The average molecular weight is 291 g/mol. The van der Waals surface area contributed by atoms with Crippen LogP contribution in [0.1, 0.15) is 49.4 Å². The SMILES string of the molecule is CCC1CCCC(NCCOc2cccc(C(=O)O)c2)C1. The van der Waals surface area contributed by atoms with E-state index in [1.165, 1.54) is 32.1 Å². The van der Waals surface area contributed by atoms with Gasteiger partial charge in [0.05, 0.1) is 5.56 Å². The first-order valence-electron chi connectivity index (χ1n) is 7.88. The first-order valence-corrected chi connectivity index (χ1v) is 7.88. The Morgan fingerprint density at radius 1 is 1.43 bits per heavy atom. The number of nitrogens with one attached hydrogen (secondary N) is 1. The molecule has 0 radical (unpaired) electrons. The molecule has 0 amide bonds. The molecule has 1 aliphatic carbocycles. The van der Waals surface area contributed by atoms with Crippen LogP contribution in [-0.4, -0.2) is 30.3 Å². The van der Waals surface area contributed by atoms with E-state index in [0.29, 0.717) is 18.4 Å². The first kappa shape index (κ1) is 15.8. The van der Waals surface area contributed by atoms with Gasteiger partial charge < -0.3 is 15.2 Å². The van der Waals surface area contributed by atoms with Crippen LogP contribution < -0.4 is 10.1 Å². The molecule has 1 saturated carbocycles. The first-order chi connectivity index (χ1) is 10.2. The third-order valence-electron chi connectivity index (χ3n) is 4.24. The van der Waals surface area contributed by atoms with Crippen molar-refractivity contribution < 1.29 is 14.6 Å². The van der Waals surface area contributed by atoms with Crippen molar-refractivity contribution in [2.24, 2.45) is 5.92 Å². The second-order valence-electron chi connectivity index (χ2n) is 5.77. The van der Waals surface area contributed by atoms with Gasteiger partial charge in [0.15, 0.2) is 0 Å². The second-order valence-corrected chi connectivity index (χ2v) is 5.77. The molecule has 4 heteroatoms. The number of carboxylic acids is 1. The number of carboxylic acid groups (broad SMARTS) is 1. The Balaban J connectivity index is 1.70. The van der Waals surface area contributed by atoms with Crippen molar-refractivity contribution in [1.29, 1.82) is 0 Å². The Hall–Kier alpha value is -1.55. The topological polar surface area (TPSA) is 58.6 Å². The third kappa shape index (κ3) is 5.05. The van der Waals surface area contributed by atoms with Crippen molar-refractivity contribution in [2.45, 2.75) is 45.1 Å². The van der Waals surface area contributed by atoms with Crippen molar-refractivity contribution in [2.75, 3.05) is 13.2 Å². The highest BCUT2D eigenvalue weighted by molar-refractivity contribution is 5.87. The van der Waals surface area contributed by atoms with Crippen LogP contribution in [0.3, 0.4) is 0 Å². The number of aromatic carboxylic acids is 1. The molecule has 2 unspecified atom stereocenters. The summed E-state index contributed by atoms with van der Waals surface area (Å²) in [6.45, 7) is 3.64. The van der Waals surface area contributed by atoms with E-state index in [2.05, 4.69) is 12.2 Å². The highest BCUT2D eigenvalue weighted by Gasteiger charge is 2.19. The molecule has 1 fully saturated rings. The fourth-order valence-electron chi connectivity index (χ4n) is 3.00. The number of benzene rings is 1. The molecule has 21 heavy (non-hydrogen) atoms. The highest BCUT2D eigenvalue weighted by atomic mass is 16.5. The zero-order chi connectivity index (χ0) is 15.1. The van der Waals surface area contributed by atoms with Crippen molar-refractivity contribution >= 4 is 5.97 Å². The number of hydrogen-bond donors (Lipinski definition) is 2. The summed E-state index contributed by atoms with van der Waals surface area (Å²) in [5.41, 5.74) is 0.263. The van der Waals surface area contributed by atoms with Crippen LogP contribution in [0.4, 0.5) is 0 Å². The molecule has 0 aromatic heterocycles. The largest absolute Gasteiger partial charge is 0.492 e. The quantitative estimate of drug-likeness (QED) is 0.757. The standard InChI is InChI=1S/C17H25NO3/c1-2-13-5-3-7-15(11-13)18-9-10-21-16-8-4-6-14(12-16)17(19)20/h4,6,8,12-13,15,18H,2-3,5,7,9-11H2,1H3,(H,19,20). The third-order valence-corrected chi connectivity index (χ3v) is 4.24.